The van der Waals surface area contributed by atoms with E-state index in [1.54, 1.807) is 13.0 Å². The summed E-state index contributed by atoms with van der Waals surface area (Å²) in [7, 11) is 0. The van der Waals surface area contributed by atoms with Gasteiger partial charge in [0, 0.05) is 22.8 Å². The van der Waals surface area contributed by atoms with Gasteiger partial charge in [-0.1, -0.05) is 30.3 Å². The van der Waals surface area contributed by atoms with Crippen molar-refractivity contribution in [2.24, 2.45) is 0 Å². The molecule has 0 aliphatic heterocycles. The lowest BCUT2D eigenvalue weighted by Crippen LogP contribution is -2.14. The van der Waals surface area contributed by atoms with Gasteiger partial charge in [-0.25, -0.2) is 4.79 Å². The van der Waals surface area contributed by atoms with E-state index in [9.17, 15) is 14.9 Å². The summed E-state index contributed by atoms with van der Waals surface area (Å²) >= 11 is 1.49. The van der Waals surface area contributed by atoms with Crippen molar-refractivity contribution < 1.29 is 14.5 Å². The van der Waals surface area contributed by atoms with Crippen LogP contribution in [0.2, 0.25) is 0 Å². The highest BCUT2D eigenvalue weighted by atomic mass is 32.2. The fraction of sp³-hybridized carbons (Fsp3) is 0.188. The molecule has 0 heterocycles. The second-order valence-electron chi connectivity index (χ2n) is 4.56. The average Bonchev–Trinajstić information content (AvgIpc) is 2.54. The lowest BCUT2D eigenvalue weighted by molar-refractivity contribution is -0.384. The lowest BCUT2D eigenvalue weighted by Gasteiger charge is -2.10. The Bertz CT molecular complexity index is 692. The number of carbonyl (C=O) groups is 1. The molecule has 0 spiro atoms. The maximum absolute atomic E-state index is 11.6. The number of carbonyl (C=O) groups excluding carboxylic acids is 1. The van der Waals surface area contributed by atoms with Crippen molar-refractivity contribution in [1.82, 2.24) is 0 Å². The van der Waals surface area contributed by atoms with Gasteiger partial charge >= 0.3 is 6.09 Å². The van der Waals surface area contributed by atoms with Crippen molar-refractivity contribution >= 4 is 29.2 Å². The van der Waals surface area contributed by atoms with Crippen molar-refractivity contribution in [3.05, 3.63) is 64.2 Å². The number of hydrogen-bond acceptors (Lipinski definition) is 5. The van der Waals surface area contributed by atoms with Crippen molar-refractivity contribution in [3.63, 3.8) is 0 Å². The second kappa shape index (κ2) is 8.19. The van der Waals surface area contributed by atoms with Crippen molar-refractivity contribution in [1.29, 1.82) is 0 Å². The molecule has 0 atom stereocenters. The van der Waals surface area contributed by atoms with Crippen LogP contribution in [0.4, 0.5) is 16.2 Å². The fourth-order valence-corrected chi connectivity index (χ4v) is 2.81. The fourth-order valence-electron chi connectivity index (χ4n) is 1.87. The highest BCUT2D eigenvalue weighted by Gasteiger charge is 2.14. The summed E-state index contributed by atoms with van der Waals surface area (Å²) in [6.45, 7) is 1.92. The number of anilines is 1. The van der Waals surface area contributed by atoms with Crippen molar-refractivity contribution in [2.45, 2.75) is 17.6 Å². The molecule has 2 aromatic carbocycles. The van der Waals surface area contributed by atoms with E-state index in [0.29, 0.717) is 11.4 Å². The van der Waals surface area contributed by atoms with Crippen LogP contribution in [0.25, 0.3) is 0 Å². The molecule has 120 valence electrons. The van der Waals surface area contributed by atoms with Crippen LogP contribution in [0.1, 0.15) is 12.5 Å². The van der Waals surface area contributed by atoms with Gasteiger partial charge in [0.15, 0.2) is 0 Å². The van der Waals surface area contributed by atoms with Gasteiger partial charge in [0.05, 0.1) is 17.2 Å². The number of hydrogen-bond donors (Lipinski definition) is 1. The van der Waals surface area contributed by atoms with Crippen LogP contribution < -0.4 is 5.32 Å². The molecule has 0 saturated heterocycles. The lowest BCUT2D eigenvalue weighted by atomic mass is 10.2. The Morgan fingerprint density at radius 1 is 1.26 bits per heavy atom. The van der Waals surface area contributed by atoms with Gasteiger partial charge in [-0.15, -0.1) is 11.8 Å². The molecule has 0 radical (unpaired) electrons. The highest BCUT2D eigenvalue weighted by Crippen LogP contribution is 2.33. The Hall–Kier alpha value is -2.54. The number of thioether (sulfide) groups is 1. The summed E-state index contributed by atoms with van der Waals surface area (Å²) < 4.78 is 4.83. The minimum atomic E-state index is -0.630. The topological polar surface area (TPSA) is 81.5 Å². The summed E-state index contributed by atoms with van der Waals surface area (Å²) in [6.07, 6.45) is -0.630. The van der Waals surface area contributed by atoms with Gasteiger partial charge in [-0.05, 0) is 18.6 Å². The highest BCUT2D eigenvalue weighted by molar-refractivity contribution is 7.98. The molecule has 0 saturated carbocycles. The molecule has 0 aromatic heterocycles. The first-order valence-electron chi connectivity index (χ1n) is 6.99. The zero-order valence-electron chi connectivity index (χ0n) is 12.5. The minimum Gasteiger partial charge on any atom is -0.450 e. The van der Waals surface area contributed by atoms with Gasteiger partial charge in [0.2, 0.25) is 0 Å². The SMILES string of the molecule is CCOC(=O)Nc1cc([N+](=O)[O-])ccc1SCc1ccccc1. The number of nitrogens with zero attached hydrogens (tertiary/aromatic N) is 1. The van der Waals surface area contributed by atoms with E-state index in [4.69, 9.17) is 4.74 Å². The molecule has 0 bridgehead atoms. The van der Waals surface area contributed by atoms with Crippen LogP contribution in [0.3, 0.4) is 0 Å². The first-order chi connectivity index (χ1) is 11.1. The monoisotopic (exact) mass is 332 g/mol. The van der Waals surface area contributed by atoms with Gasteiger partial charge in [-0.3, -0.25) is 15.4 Å². The van der Waals surface area contributed by atoms with E-state index in [1.165, 1.54) is 23.9 Å². The number of ether oxygens (including phenoxy) is 1. The zero-order chi connectivity index (χ0) is 16.7. The molecule has 7 heteroatoms. The predicted octanol–water partition coefficient (Wildman–Crippen LogP) is 4.46. The largest absolute Gasteiger partial charge is 0.450 e. The van der Waals surface area contributed by atoms with Crippen LogP contribution in [0, 0.1) is 10.1 Å². The Labute approximate surface area is 138 Å². The molecule has 0 unspecified atom stereocenters. The predicted molar refractivity (Wildman–Crippen MR) is 89.7 cm³/mol. The van der Waals surface area contributed by atoms with E-state index in [1.807, 2.05) is 30.3 Å². The summed E-state index contributed by atoms with van der Waals surface area (Å²) in [5.74, 6) is 0.691. The molecule has 6 nitrogen and oxygen atoms in total. The molecular weight excluding hydrogens is 316 g/mol. The Morgan fingerprint density at radius 3 is 2.65 bits per heavy atom. The van der Waals surface area contributed by atoms with E-state index in [-0.39, 0.29) is 12.3 Å². The second-order valence-corrected chi connectivity index (χ2v) is 5.57. The third kappa shape index (κ3) is 5.00. The molecule has 1 N–H and O–H groups in total. The quantitative estimate of drug-likeness (QED) is 0.480. The number of non-ortho nitro benzene ring substituents is 1. The first kappa shape index (κ1) is 16.8. The Balaban J connectivity index is 2.19. The normalized spacial score (nSPS) is 10.1. The van der Waals surface area contributed by atoms with Crippen molar-refractivity contribution in [2.75, 3.05) is 11.9 Å². The number of nitrogens with one attached hydrogen (secondary N) is 1. The molecule has 0 aliphatic carbocycles. The summed E-state index contributed by atoms with van der Waals surface area (Å²) in [6, 6.07) is 14.2. The van der Waals surface area contributed by atoms with E-state index >= 15 is 0 Å². The summed E-state index contributed by atoms with van der Waals surface area (Å²) in [5.41, 5.74) is 1.41. The average molecular weight is 332 g/mol. The van der Waals surface area contributed by atoms with Gasteiger partial charge in [0.1, 0.15) is 0 Å². The number of amides is 1. The molecular formula is C16H16N2O4S. The Morgan fingerprint density at radius 2 is 2.00 bits per heavy atom. The molecule has 1 amide bonds. The van der Waals surface area contributed by atoms with Crippen LogP contribution in [0.15, 0.2) is 53.4 Å². The van der Waals surface area contributed by atoms with Gasteiger partial charge in [-0.2, -0.15) is 0 Å². The summed E-state index contributed by atoms with van der Waals surface area (Å²) in [4.78, 5) is 22.8. The van der Waals surface area contributed by atoms with Crippen LogP contribution in [-0.2, 0) is 10.5 Å². The molecule has 0 fully saturated rings. The molecule has 2 aromatic rings. The Kier molecular flexibility index (Phi) is 5.99. The van der Waals surface area contributed by atoms with Gasteiger partial charge < -0.3 is 4.74 Å². The third-order valence-corrected chi connectivity index (χ3v) is 4.07. The first-order valence-corrected chi connectivity index (χ1v) is 7.97. The van der Waals surface area contributed by atoms with E-state index in [2.05, 4.69) is 5.32 Å². The smallest absolute Gasteiger partial charge is 0.411 e. The molecule has 23 heavy (non-hydrogen) atoms. The molecule has 0 aliphatic rings. The van der Waals surface area contributed by atoms with E-state index in [0.717, 1.165) is 10.5 Å². The summed E-state index contributed by atoms with van der Waals surface area (Å²) in [5, 5.41) is 13.5. The standard InChI is InChI=1S/C16H16N2O4S/c1-2-22-16(19)17-14-10-13(18(20)21)8-9-15(14)23-11-12-6-4-3-5-7-12/h3-10H,2,11H2,1H3,(H,17,19). The van der Waals surface area contributed by atoms with Crippen LogP contribution in [0.5, 0.6) is 0 Å². The number of nitro groups is 1. The third-order valence-electron chi connectivity index (χ3n) is 2.92. The maximum Gasteiger partial charge on any atom is 0.411 e. The zero-order valence-corrected chi connectivity index (χ0v) is 13.3. The number of rotatable bonds is 6. The minimum absolute atomic E-state index is 0.0825. The number of benzene rings is 2. The van der Waals surface area contributed by atoms with Crippen molar-refractivity contribution in [3.8, 4) is 0 Å². The number of nitro benzene ring substituents is 1. The van der Waals surface area contributed by atoms with Gasteiger partial charge in [0.25, 0.3) is 5.69 Å². The van der Waals surface area contributed by atoms with E-state index < -0.39 is 11.0 Å². The van der Waals surface area contributed by atoms with Crippen LogP contribution >= 0.6 is 11.8 Å². The maximum atomic E-state index is 11.6. The molecule has 2 rings (SSSR count). The van der Waals surface area contributed by atoms with Crippen LogP contribution in [-0.4, -0.2) is 17.6 Å².